The first-order chi connectivity index (χ1) is 14.4. The molecule has 0 aromatic carbocycles. The Morgan fingerprint density at radius 3 is 1.87 bits per heavy atom. The van der Waals surface area contributed by atoms with Gasteiger partial charge in [0.25, 0.3) is 0 Å². The monoisotopic (exact) mass is 465 g/mol. The molecule has 14 heteroatoms. The van der Waals surface area contributed by atoms with Crippen LogP contribution in [0.25, 0.3) is 0 Å². The third-order valence-corrected chi connectivity index (χ3v) is 4.58. The zero-order chi connectivity index (χ0) is 24.1. The largest absolute Gasteiger partial charge is 0.481 e. The van der Waals surface area contributed by atoms with Crippen LogP contribution in [0.1, 0.15) is 32.6 Å². The molecule has 0 bridgehead atoms. The van der Waals surface area contributed by atoms with Gasteiger partial charge in [-0.3, -0.25) is 19.2 Å². The second-order valence-electron chi connectivity index (χ2n) is 6.85. The van der Waals surface area contributed by atoms with Gasteiger partial charge in [-0.25, -0.2) is 4.79 Å². The summed E-state index contributed by atoms with van der Waals surface area (Å²) < 4.78 is 0. The number of aliphatic carboxylic acids is 2. The number of amides is 3. The van der Waals surface area contributed by atoms with Crippen LogP contribution in [0.15, 0.2) is 0 Å². The standard InChI is InChI=1S/C17H31N5O8S/c1-8(23)13(19)16(28)20-9(4-2-3-5-18)14(26)22-11(7-31)15(27)21-10(17(29)30)6-12(24)25/h8-11,13,23,31H,2-7,18-19H2,1H3,(H,20,28)(H,21,27)(H,22,26)(H,24,25)(H,29,30). The Bertz CT molecular complexity index is 648. The summed E-state index contributed by atoms with van der Waals surface area (Å²) in [5.41, 5.74) is 11.0. The molecule has 0 aliphatic heterocycles. The average Bonchev–Trinajstić information content (AvgIpc) is 2.69. The van der Waals surface area contributed by atoms with Crippen LogP contribution in [0, 0.1) is 0 Å². The van der Waals surface area contributed by atoms with E-state index in [9.17, 15) is 29.1 Å². The SMILES string of the molecule is CC(O)C(N)C(=O)NC(CCCCN)C(=O)NC(CS)C(=O)NC(CC(=O)O)C(=O)O. The van der Waals surface area contributed by atoms with Crippen molar-refractivity contribution in [1.29, 1.82) is 0 Å². The lowest BCUT2D eigenvalue weighted by atomic mass is 10.1. The number of carbonyl (C=O) groups is 5. The van der Waals surface area contributed by atoms with Crippen LogP contribution in [-0.2, 0) is 24.0 Å². The van der Waals surface area contributed by atoms with E-state index in [1.807, 2.05) is 5.32 Å². The van der Waals surface area contributed by atoms with Crippen LogP contribution < -0.4 is 27.4 Å². The number of unbranched alkanes of at least 4 members (excludes halogenated alkanes) is 1. The highest BCUT2D eigenvalue weighted by Gasteiger charge is 2.30. The van der Waals surface area contributed by atoms with Crippen molar-refractivity contribution in [2.24, 2.45) is 11.5 Å². The van der Waals surface area contributed by atoms with Crippen LogP contribution in [0.3, 0.4) is 0 Å². The summed E-state index contributed by atoms with van der Waals surface area (Å²) in [6.07, 6.45) is -0.821. The van der Waals surface area contributed by atoms with Crippen LogP contribution in [0.4, 0.5) is 0 Å². The van der Waals surface area contributed by atoms with Crippen molar-refractivity contribution in [3.8, 4) is 0 Å². The van der Waals surface area contributed by atoms with Crippen molar-refractivity contribution in [2.75, 3.05) is 12.3 Å². The lowest BCUT2D eigenvalue weighted by Gasteiger charge is -2.24. The van der Waals surface area contributed by atoms with E-state index >= 15 is 0 Å². The van der Waals surface area contributed by atoms with E-state index in [1.54, 1.807) is 0 Å². The summed E-state index contributed by atoms with van der Waals surface area (Å²) in [4.78, 5) is 59.0. The van der Waals surface area contributed by atoms with Gasteiger partial charge in [0.05, 0.1) is 12.5 Å². The highest BCUT2D eigenvalue weighted by molar-refractivity contribution is 7.80. The second kappa shape index (κ2) is 14.6. The van der Waals surface area contributed by atoms with E-state index in [1.165, 1.54) is 6.92 Å². The Morgan fingerprint density at radius 1 is 0.903 bits per heavy atom. The molecule has 5 unspecified atom stereocenters. The number of carboxylic acids is 2. The van der Waals surface area contributed by atoms with Crippen LogP contribution >= 0.6 is 12.6 Å². The van der Waals surface area contributed by atoms with E-state index < -0.39 is 66.4 Å². The number of rotatable bonds is 15. The highest BCUT2D eigenvalue weighted by Crippen LogP contribution is 2.04. The number of nitrogens with two attached hydrogens (primary N) is 2. The summed E-state index contributed by atoms with van der Waals surface area (Å²) in [5, 5.41) is 34.0. The zero-order valence-electron chi connectivity index (χ0n) is 17.1. The van der Waals surface area contributed by atoms with Gasteiger partial charge in [0.1, 0.15) is 24.2 Å². The molecular weight excluding hydrogens is 434 g/mol. The number of thiol groups is 1. The first-order valence-electron chi connectivity index (χ1n) is 9.54. The van der Waals surface area contributed by atoms with E-state index in [2.05, 4.69) is 23.3 Å². The van der Waals surface area contributed by atoms with Crippen LogP contribution in [-0.4, -0.2) is 87.5 Å². The minimum atomic E-state index is -1.70. The molecule has 0 saturated heterocycles. The maximum absolute atomic E-state index is 12.7. The molecule has 0 radical (unpaired) electrons. The average molecular weight is 466 g/mol. The van der Waals surface area contributed by atoms with E-state index in [4.69, 9.17) is 21.7 Å². The van der Waals surface area contributed by atoms with Gasteiger partial charge in [-0.05, 0) is 32.7 Å². The molecule has 0 rings (SSSR count). The molecule has 0 aromatic heterocycles. The molecule has 10 N–H and O–H groups in total. The number of aliphatic hydroxyl groups is 1. The Balaban J connectivity index is 5.25. The molecular formula is C17H31N5O8S. The highest BCUT2D eigenvalue weighted by atomic mass is 32.1. The van der Waals surface area contributed by atoms with Crippen LogP contribution in [0.2, 0.25) is 0 Å². The van der Waals surface area contributed by atoms with Gasteiger partial charge >= 0.3 is 11.9 Å². The second-order valence-corrected chi connectivity index (χ2v) is 7.22. The number of nitrogens with one attached hydrogen (secondary N) is 3. The summed E-state index contributed by atoms with van der Waals surface area (Å²) in [6.45, 7) is 1.67. The zero-order valence-corrected chi connectivity index (χ0v) is 18.0. The lowest BCUT2D eigenvalue weighted by molar-refractivity contribution is -0.147. The van der Waals surface area contributed by atoms with Crippen molar-refractivity contribution >= 4 is 42.3 Å². The van der Waals surface area contributed by atoms with Gasteiger partial charge in [0.15, 0.2) is 0 Å². The molecule has 0 aliphatic rings. The Hall–Kier alpha value is -2.42. The van der Waals surface area contributed by atoms with Crippen molar-refractivity contribution in [3.05, 3.63) is 0 Å². The van der Waals surface area contributed by atoms with Gasteiger partial charge < -0.3 is 42.7 Å². The molecule has 0 spiro atoms. The normalized spacial score (nSPS) is 15.6. The molecule has 3 amide bonds. The molecule has 178 valence electrons. The fourth-order valence-electron chi connectivity index (χ4n) is 2.36. The predicted octanol–water partition coefficient (Wildman–Crippen LogP) is -3.23. The number of carboxylic acid groups (broad SMARTS) is 2. The quantitative estimate of drug-likeness (QED) is 0.0865. The molecule has 5 atom stereocenters. The molecule has 0 saturated carbocycles. The number of carbonyl (C=O) groups excluding carboxylic acids is 3. The Labute approximate surface area is 184 Å². The fourth-order valence-corrected chi connectivity index (χ4v) is 2.62. The topological polar surface area (TPSA) is 234 Å². The maximum atomic E-state index is 12.7. The minimum absolute atomic E-state index is 0.166. The third kappa shape index (κ3) is 11.0. The maximum Gasteiger partial charge on any atom is 0.326 e. The van der Waals surface area contributed by atoms with Crippen LogP contribution in [0.5, 0.6) is 0 Å². The molecule has 0 fully saturated rings. The van der Waals surface area contributed by atoms with E-state index in [0.29, 0.717) is 19.4 Å². The van der Waals surface area contributed by atoms with E-state index in [-0.39, 0.29) is 12.2 Å². The van der Waals surface area contributed by atoms with Crippen molar-refractivity contribution < 1.29 is 39.3 Å². The van der Waals surface area contributed by atoms with Gasteiger partial charge in [-0.15, -0.1) is 0 Å². The summed E-state index contributed by atoms with van der Waals surface area (Å²) in [5.74, 6) is -5.71. The number of hydrogen-bond acceptors (Lipinski definition) is 9. The first-order valence-corrected chi connectivity index (χ1v) is 10.2. The predicted molar refractivity (Wildman–Crippen MR) is 112 cm³/mol. The molecule has 0 heterocycles. The summed E-state index contributed by atoms with van der Waals surface area (Å²) >= 11 is 3.96. The molecule has 0 aromatic rings. The van der Waals surface area contributed by atoms with Crippen molar-refractivity contribution in [2.45, 2.75) is 62.9 Å². The summed E-state index contributed by atoms with van der Waals surface area (Å²) in [6, 6.07) is -5.38. The van der Waals surface area contributed by atoms with Crippen molar-refractivity contribution in [3.63, 3.8) is 0 Å². The van der Waals surface area contributed by atoms with Gasteiger partial charge in [0.2, 0.25) is 17.7 Å². The summed E-state index contributed by atoms with van der Waals surface area (Å²) in [7, 11) is 0. The van der Waals surface area contributed by atoms with Gasteiger partial charge in [-0.1, -0.05) is 0 Å². The Kier molecular flexibility index (Phi) is 13.4. The van der Waals surface area contributed by atoms with Gasteiger partial charge in [0, 0.05) is 5.75 Å². The Morgan fingerprint density at radius 2 is 1.42 bits per heavy atom. The number of aliphatic hydroxyl groups excluding tert-OH is 1. The fraction of sp³-hybridized carbons (Fsp3) is 0.706. The smallest absolute Gasteiger partial charge is 0.326 e. The van der Waals surface area contributed by atoms with Gasteiger partial charge in [-0.2, -0.15) is 12.6 Å². The number of hydrogen-bond donors (Lipinski definition) is 9. The van der Waals surface area contributed by atoms with Crippen molar-refractivity contribution in [1.82, 2.24) is 16.0 Å². The third-order valence-electron chi connectivity index (χ3n) is 4.21. The first kappa shape index (κ1) is 28.6. The minimum Gasteiger partial charge on any atom is -0.481 e. The van der Waals surface area contributed by atoms with E-state index in [0.717, 1.165) is 0 Å². The molecule has 0 aliphatic carbocycles. The lowest BCUT2D eigenvalue weighted by Crippen LogP contribution is -2.58. The molecule has 31 heavy (non-hydrogen) atoms. The molecule has 13 nitrogen and oxygen atoms in total.